The summed E-state index contributed by atoms with van der Waals surface area (Å²) >= 11 is 0. The van der Waals surface area contributed by atoms with E-state index in [4.69, 9.17) is 15.0 Å². The third kappa shape index (κ3) is 3.46. The molecule has 6 nitrogen and oxygen atoms in total. The molecule has 0 saturated carbocycles. The Morgan fingerprint density at radius 3 is 0.861 bits per heavy atom. The molecule has 7 rings (SSSR count). The molecule has 3 N–H and O–H groups in total. The highest BCUT2D eigenvalue weighted by atomic mass is 14.9. The minimum atomic E-state index is -0.0598. The summed E-state index contributed by atoms with van der Waals surface area (Å²) in [6, 6.07) is 31.3. The average Bonchev–Trinajstić information content (AvgIpc) is 3.70. The number of rotatable bonds is 3. The van der Waals surface area contributed by atoms with Crippen LogP contribution in [-0.4, -0.2) is 29.9 Å². The number of hydrogen-bond donors (Lipinski definition) is 3. The van der Waals surface area contributed by atoms with Gasteiger partial charge < -0.3 is 15.0 Å². The number of fused-ring (bicyclic) bond motifs is 6. The van der Waals surface area contributed by atoms with Gasteiger partial charge in [-0.2, -0.15) is 0 Å². The maximum Gasteiger partial charge on any atom is 0.0813 e. The van der Waals surface area contributed by atoms with Gasteiger partial charge in [0.15, 0.2) is 0 Å². The first-order chi connectivity index (χ1) is 17.8. The van der Waals surface area contributed by atoms with E-state index in [1.54, 1.807) is 0 Å². The first-order valence-electron chi connectivity index (χ1n) is 12.1. The number of hydrogen-bond acceptors (Lipinski definition) is 3. The summed E-state index contributed by atoms with van der Waals surface area (Å²) in [5, 5.41) is 0. The van der Waals surface area contributed by atoms with Crippen molar-refractivity contribution in [2.75, 3.05) is 0 Å². The number of H-pyrrole nitrogens is 3. The minimum absolute atomic E-state index is 0.0598. The third-order valence-corrected chi connectivity index (χ3v) is 7.01. The molecule has 0 saturated heterocycles. The number of nitrogens with one attached hydrogen (secondary N) is 3. The van der Waals surface area contributed by atoms with Gasteiger partial charge in [-0.15, -0.1) is 0 Å². The molecule has 0 spiro atoms. The Hall–Kier alpha value is -4.71. The van der Waals surface area contributed by atoms with E-state index < -0.39 is 0 Å². The topological polar surface area (TPSA) is 86.0 Å². The standard InChI is InChI=1S/C30H24N6/c1-4-16-31-19(7-1)28-22-10-12-24(34-22)29(20-8-2-5-17-32-20)26-14-15-27(36-26)30(21-9-3-6-18-33-21)25-13-11-23(28)35-25/h1-18,28-30,34-36H. The molecular formula is C30H24N6. The molecule has 6 heteroatoms. The molecule has 36 heavy (non-hydrogen) atoms. The molecule has 6 aromatic rings. The Kier molecular flexibility index (Phi) is 4.87. The summed E-state index contributed by atoms with van der Waals surface area (Å²) in [5.74, 6) is -0.179. The second-order valence-electron chi connectivity index (χ2n) is 9.17. The van der Waals surface area contributed by atoms with Crippen LogP contribution in [-0.2, 0) is 0 Å². The van der Waals surface area contributed by atoms with E-state index in [1.807, 2.05) is 55.0 Å². The van der Waals surface area contributed by atoms with Crippen LogP contribution in [0.1, 0.15) is 69.0 Å². The van der Waals surface area contributed by atoms with Crippen molar-refractivity contribution in [1.82, 2.24) is 29.9 Å². The van der Waals surface area contributed by atoms with E-state index in [9.17, 15) is 0 Å². The van der Waals surface area contributed by atoms with Gasteiger partial charge in [-0.3, -0.25) is 15.0 Å². The predicted molar refractivity (Wildman–Crippen MR) is 138 cm³/mol. The number of aromatic amines is 3. The summed E-state index contributed by atoms with van der Waals surface area (Å²) in [5.41, 5.74) is 9.46. The van der Waals surface area contributed by atoms with Crippen molar-refractivity contribution in [1.29, 1.82) is 0 Å². The minimum Gasteiger partial charge on any atom is -0.360 e. The fourth-order valence-corrected chi connectivity index (χ4v) is 5.40. The summed E-state index contributed by atoms with van der Waals surface area (Å²) in [7, 11) is 0. The summed E-state index contributed by atoms with van der Waals surface area (Å²) in [4.78, 5) is 25.4. The van der Waals surface area contributed by atoms with Crippen molar-refractivity contribution in [2.45, 2.75) is 17.8 Å². The Morgan fingerprint density at radius 1 is 0.361 bits per heavy atom. The number of pyridine rings is 3. The van der Waals surface area contributed by atoms with Gasteiger partial charge in [0.1, 0.15) is 0 Å². The monoisotopic (exact) mass is 468 g/mol. The predicted octanol–water partition coefficient (Wildman–Crippen LogP) is 5.71. The van der Waals surface area contributed by atoms with Crippen LogP contribution >= 0.6 is 0 Å². The van der Waals surface area contributed by atoms with Crippen LogP contribution in [0.15, 0.2) is 110 Å². The lowest BCUT2D eigenvalue weighted by Crippen LogP contribution is -2.12. The molecule has 0 unspecified atom stereocenters. The van der Waals surface area contributed by atoms with E-state index in [0.717, 1.165) is 51.2 Å². The van der Waals surface area contributed by atoms with Gasteiger partial charge in [0.05, 0.1) is 34.8 Å². The first-order valence-corrected chi connectivity index (χ1v) is 12.1. The lowest BCUT2D eigenvalue weighted by molar-refractivity contribution is 0.782. The van der Waals surface area contributed by atoms with Gasteiger partial charge >= 0.3 is 0 Å². The third-order valence-electron chi connectivity index (χ3n) is 7.01. The van der Waals surface area contributed by atoms with Gasteiger partial charge in [-0.1, -0.05) is 18.2 Å². The van der Waals surface area contributed by atoms with Gasteiger partial charge in [-0.25, -0.2) is 0 Å². The highest BCUT2D eigenvalue weighted by Crippen LogP contribution is 2.38. The van der Waals surface area contributed by atoms with Crippen LogP contribution < -0.4 is 0 Å². The van der Waals surface area contributed by atoms with E-state index >= 15 is 0 Å². The maximum atomic E-state index is 4.73. The normalized spacial score (nSPS) is 18.8. The molecule has 174 valence electrons. The Labute approximate surface area is 208 Å². The first kappa shape index (κ1) is 20.6. The van der Waals surface area contributed by atoms with Crippen molar-refractivity contribution in [2.24, 2.45) is 0 Å². The molecule has 6 aromatic heterocycles. The summed E-state index contributed by atoms with van der Waals surface area (Å²) in [6.45, 7) is 0. The molecule has 1 aliphatic heterocycles. The lowest BCUT2D eigenvalue weighted by Gasteiger charge is -2.19. The molecule has 1 aliphatic rings. The average molecular weight is 469 g/mol. The van der Waals surface area contributed by atoms with Gasteiger partial charge in [0, 0.05) is 52.8 Å². The maximum absolute atomic E-state index is 4.73. The SMILES string of the molecule is c1ccc(C2c3ccc([nH]3)C(c3ccccn3)c3ccc([nH]3)C(c3ccccn3)c3ccc2[nH]3)nc1. The zero-order valence-electron chi connectivity index (χ0n) is 19.5. The highest BCUT2D eigenvalue weighted by molar-refractivity contribution is 5.45. The molecule has 0 atom stereocenters. The zero-order chi connectivity index (χ0) is 23.9. The molecule has 6 bridgehead atoms. The Morgan fingerprint density at radius 2 is 0.639 bits per heavy atom. The Balaban J connectivity index is 1.49. The van der Waals surface area contributed by atoms with E-state index in [-0.39, 0.29) is 17.8 Å². The van der Waals surface area contributed by atoms with Crippen LogP contribution in [0.2, 0.25) is 0 Å². The lowest BCUT2D eigenvalue weighted by atomic mass is 9.97. The van der Waals surface area contributed by atoms with E-state index in [2.05, 4.69) is 69.5 Å². The Bertz CT molecular complexity index is 1350. The number of aromatic nitrogens is 6. The van der Waals surface area contributed by atoms with Crippen molar-refractivity contribution in [3.63, 3.8) is 0 Å². The van der Waals surface area contributed by atoms with Crippen molar-refractivity contribution in [3.8, 4) is 0 Å². The second kappa shape index (κ2) is 8.50. The van der Waals surface area contributed by atoms with E-state index in [0.29, 0.717) is 0 Å². The van der Waals surface area contributed by atoms with Crippen LogP contribution in [0, 0.1) is 0 Å². The van der Waals surface area contributed by atoms with Gasteiger partial charge in [0.2, 0.25) is 0 Å². The molecule has 0 aliphatic carbocycles. The fourth-order valence-electron chi connectivity index (χ4n) is 5.40. The van der Waals surface area contributed by atoms with Crippen LogP contribution in [0.3, 0.4) is 0 Å². The zero-order valence-corrected chi connectivity index (χ0v) is 19.5. The van der Waals surface area contributed by atoms with Crippen LogP contribution in [0.4, 0.5) is 0 Å². The molecule has 7 heterocycles. The summed E-state index contributed by atoms with van der Waals surface area (Å²) < 4.78 is 0. The second-order valence-corrected chi connectivity index (χ2v) is 9.17. The molecule has 0 fully saturated rings. The number of nitrogens with zero attached hydrogens (tertiary/aromatic N) is 3. The van der Waals surface area contributed by atoms with Crippen LogP contribution in [0.5, 0.6) is 0 Å². The summed E-state index contributed by atoms with van der Waals surface area (Å²) in [6.07, 6.45) is 5.56. The largest absolute Gasteiger partial charge is 0.360 e. The van der Waals surface area contributed by atoms with Crippen molar-refractivity contribution >= 4 is 0 Å². The van der Waals surface area contributed by atoms with Gasteiger partial charge in [-0.05, 0) is 72.8 Å². The molecule has 0 amide bonds. The quantitative estimate of drug-likeness (QED) is 0.310. The van der Waals surface area contributed by atoms with Gasteiger partial charge in [0.25, 0.3) is 0 Å². The van der Waals surface area contributed by atoms with E-state index in [1.165, 1.54) is 0 Å². The molecule has 0 radical (unpaired) electrons. The highest BCUT2D eigenvalue weighted by Gasteiger charge is 2.29. The van der Waals surface area contributed by atoms with Crippen molar-refractivity contribution < 1.29 is 0 Å². The van der Waals surface area contributed by atoms with Crippen molar-refractivity contribution in [3.05, 3.63) is 161 Å². The molecular weight excluding hydrogens is 444 g/mol. The van der Waals surface area contributed by atoms with Crippen LogP contribution in [0.25, 0.3) is 0 Å². The smallest absolute Gasteiger partial charge is 0.0813 e. The molecule has 0 aromatic carbocycles. The fraction of sp³-hybridized carbons (Fsp3) is 0.100.